The lowest BCUT2D eigenvalue weighted by Gasteiger charge is -2.29. The number of carbonyl (C=O) groups is 1. The number of nitrogens with zero attached hydrogens (tertiary/aromatic N) is 3. The number of anilines is 1. The summed E-state index contributed by atoms with van der Waals surface area (Å²) in [7, 11) is -3.82. The molecule has 0 aliphatic heterocycles. The van der Waals surface area contributed by atoms with Gasteiger partial charge in [0.15, 0.2) is 9.84 Å². The summed E-state index contributed by atoms with van der Waals surface area (Å²) in [6.07, 6.45) is 0.0969. The summed E-state index contributed by atoms with van der Waals surface area (Å²) in [5, 5.41) is 1.35. The minimum absolute atomic E-state index is 0.112. The van der Waals surface area contributed by atoms with E-state index in [4.69, 9.17) is 27.9 Å². The Balaban J connectivity index is 2.41. The highest BCUT2D eigenvalue weighted by Gasteiger charge is 2.31. The number of ether oxygens (including phenoxy) is 1. The average molecular weight is 591 g/mol. The first-order chi connectivity index (χ1) is 15.7. The molecule has 182 valence electrons. The van der Waals surface area contributed by atoms with Crippen molar-refractivity contribution in [3.8, 4) is 0 Å². The van der Waals surface area contributed by atoms with Crippen LogP contribution in [0.1, 0.15) is 33.3 Å². The summed E-state index contributed by atoms with van der Waals surface area (Å²) < 4.78 is 32.7. The van der Waals surface area contributed by atoms with Crippen LogP contribution in [0.25, 0.3) is 10.9 Å². The highest BCUT2D eigenvalue weighted by atomic mass is 79.9. The number of hydrogen-bond donors (Lipinski definition) is 0. The Labute approximate surface area is 215 Å². The van der Waals surface area contributed by atoms with E-state index in [1.807, 2.05) is 0 Å². The Morgan fingerprint density at radius 1 is 1.24 bits per heavy atom. The molecule has 0 atom stereocenters. The second-order valence-electron chi connectivity index (χ2n) is 8.40. The zero-order chi connectivity index (χ0) is 25.6. The molecule has 0 fully saturated rings. The van der Waals surface area contributed by atoms with Gasteiger partial charge in [-0.25, -0.2) is 18.2 Å². The number of amides is 1. The van der Waals surface area contributed by atoms with Crippen LogP contribution < -0.4 is 10.6 Å². The zero-order valence-corrected chi connectivity index (χ0v) is 22.9. The number of aromatic nitrogens is 2. The van der Waals surface area contributed by atoms with Gasteiger partial charge in [-0.15, -0.1) is 0 Å². The molecule has 0 unspecified atom stereocenters. The molecule has 3 aromatic rings. The molecule has 8 nitrogen and oxygen atoms in total. The lowest BCUT2D eigenvalue weighted by Crippen LogP contribution is -2.46. The molecule has 0 aliphatic rings. The van der Waals surface area contributed by atoms with Gasteiger partial charge in [0.1, 0.15) is 11.9 Å². The van der Waals surface area contributed by atoms with E-state index in [1.165, 1.54) is 31.2 Å². The van der Waals surface area contributed by atoms with Gasteiger partial charge in [-0.3, -0.25) is 4.79 Å². The van der Waals surface area contributed by atoms with E-state index in [0.717, 1.165) is 16.0 Å². The molecular formula is C22H22BrCl2N3O5S. The lowest BCUT2D eigenvalue weighted by atomic mass is 10.2. The van der Waals surface area contributed by atoms with Crippen molar-refractivity contribution in [1.82, 2.24) is 9.66 Å². The molecule has 1 aromatic heterocycles. The molecule has 0 saturated carbocycles. The van der Waals surface area contributed by atoms with E-state index >= 15 is 0 Å². The second kappa shape index (κ2) is 9.49. The van der Waals surface area contributed by atoms with E-state index in [0.29, 0.717) is 10.0 Å². The maximum Gasteiger partial charge on any atom is 0.434 e. The average Bonchev–Trinajstić information content (AvgIpc) is 2.73. The van der Waals surface area contributed by atoms with Gasteiger partial charge in [0.05, 0.1) is 32.3 Å². The van der Waals surface area contributed by atoms with Crippen LogP contribution in [-0.4, -0.2) is 35.5 Å². The van der Waals surface area contributed by atoms with Gasteiger partial charge in [-0.1, -0.05) is 46.1 Å². The first kappa shape index (κ1) is 26.5. The van der Waals surface area contributed by atoms with Gasteiger partial charge >= 0.3 is 6.09 Å². The maximum absolute atomic E-state index is 13.6. The predicted octanol–water partition coefficient (Wildman–Crippen LogP) is 5.77. The van der Waals surface area contributed by atoms with Crippen LogP contribution in [0.2, 0.25) is 10.0 Å². The number of sulfone groups is 1. The molecule has 0 N–H and O–H groups in total. The molecule has 0 radical (unpaired) electrons. The first-order valence-electron chi connectivity index (χ1n) is 10.1. The fourth-order valence-electron chi connectivity index (χ4n) is 3.11. The van der Waals surface area contributed by atoms with Gasteiger partial charge in [-0.2, -0.15) is 9.69 Å². The van der Waals surface area contributed by atoms with E-state index in [-0.39, 0.29) is 37.3 Å². The van der Waals surface area contributed by atoms with Crippen molar-refractivity contribution in [3.05, 3.63) is 61.0 Å². The largest absolute Gasteiger partial charge is 0.442 e. The molecule has 0 bridgehead atoms. The summed E-state index contributed by atoms with van der Waals surface area (Å²) in [6, 6.07) is 5.49. The normalized spacial score (nSPS) is 12.1. The van der Waals surface area contributed by atoms with Crippen molar-refractivity contribution < 1.29 is 17.9 Å². The molecule has 0 aliphatic carbocycles. The molecule has 2 aromatic carbocycles. The third kappa shape index (κ3) is 5.10. The van der Waals surface area contributed by atoms with Gasteiger partial charge in [0.25, 0.3) is 5.56 Å². The van der Waals surface area contributed by atoms with Gasteiger partial charge in [0.2, 0.25) is 0 Å². The Morgan fingerprint density at radius 2 is 1.88 bits per heavy atom. The monoisotopic (exact) mass is 589 g/mol. The third-order valence-electron chi connectivity index (χ3n) is 4.80. The van der Waals surface area contributed by atoms with E-state index in [2.05, 4.69) is 20.9 Å². The van der Waals surface area contributed by atoms with Crippen molar-refractivity contribution in [2.45, 2.75) is 45.1 Å². The van der Waals surface area contributed by atoms with Gasteiger partial charge in [-0.05, 0) is 57.5 Å². The van der Waals surface area contributed by atoms with Crippen LogP contribution in [0.4, 0.5) is 10.5 Å². The van der Waals surface area contributed by atoms with Gasteiger partial charge in [0, 0.05) is 9.50 Å². The topological polar surface area (TPSA) is 98.6 Å². The van der Waals surface area contributed by atoms with Crippen LogP contribution in [0.3, 0.4) is 0 Å². The molecule has 12 heteroatoms. The minimum Gasteiger partial charge on any atom is -0.442 e. The van der Waals surface area contributed by atoms with Crippen LogP contribution in [0.5, 0.6) is 0 Å². The minimum atomic E-state index is -3.82. The van der Waals surface area contributed by atoms with Crippen LogP contribution in [0.15, 0.2) is 44.8 Å². The SMILES string of the molecule is CCS(=O)(=O)c1ccc(Cl)cc1N(C(=O)OC(C)(C)C)n1cnc2c(Cl)c(C)c(Br)cc2c1=O. The molecule has 34 heavy (non-hydrogen) atoms. The molecule has 0 spiro atoms. The predicted molar refractivity (Wildman–Crippen MR) is 137 cm³/mol. The number of carbonyl (C=O) groups excluding carboxylic acids is 1. The van der Waals surface area contributed by atoms with E-state index in [1.54, 1.807) is 27.7 Å². The van der Waals surface area contributed by atoms with Crippen LogP contribution in [0, 0.1) is 6.92 Å². The Hall–Kier alpha value is -2.14. The lowest BCUT2D eigenvalue weighted by molar-refractivity contribution is 0.0561. The summed E-state index contributed by atoms with van der Waals surface area (Å²) in [5.41, 5.74) is -0.841. The van der Waals surface area contributed by atoms with Crippen molar-refractivity contribution in [2.24, 2.45) is 0 Å². The third-order valence-corrected chi connectivity index (χ3v) is 8.10. The van der Waals surface area contributed by atoms with Crippen molar-refractivity contribution in [3.63, 3.8) is 0 Å². The van der Waals surface area contributed by atoms with Crippen molar-refractivity contribution in [2.75, 3.05) is 10.8 Å². The summed E-state index contributed by atoms with van der Waals surface area (Å²) in [4.78, 5) is 31.0. The zero-order valence-electron chi connectivity index (χ0n) is 19.0. The first-order valence-corrected chi connectivity index (χ1v) is 13.3. The molecule has 1 heterocycles. The quantitative estimate of drug-likeness (QED) is 0.382. The fourth-order valence-corrected chi connectivity index (χ4v) is 5.12. The Bertz CT molecular complexity index is 1470. The fraction of sp³-hybridized carbons (Fsp3) is 0.318. The molecule has 3 rings (SSSR count). The molecule has 1 amide bonds. The van der Waals surface area contributed by atoms with Crippen molar-refractivity contribution >= 4 is 71.7 Å². The highest BCUT2D eigenvalue weighted by Crippen LogP contribution is 2.33. The summed E-state index contributed by atoms with van der Waals surface area (Å²) in [6.45, 7) is 8.17. The van der Waals surface area contributed by atoms with Crippen LogP contribution >= 0.6 is 39.1 Å². The molecular weight excluding hydrogens is 569 g/mol. The second-order valence-corrected chi connectivity index (χ2v) is 12.3. The van der Waals surface area contributed by atoms with E-state index < -0.39 is 27.1 Å². The number of halogens is 3. The Morgan fingerprint density at radius 3 is 2.47 bits per heavy atom. The van der Waals surface area contributed by atoms with Crippen molar-refractivity contribution in [1.29, 1.82) is 0 Å². The van der Waals surface area contributed by atoms with E-state index in [9.17, 15) is 18.0 Å². The number of benzene rings is 2. The number of fused-ring (bicyclic) bond motifs is 1. The molecule has 0 saturated heterocycles. The number of rotatable bonds is 4. The van der Waals surface area contributed by atoms with Gasteiger partial charge < -0.3 is 4.74 Å². The maximum atomic E-state index is 13.6. The standard InChI is InChI=1S/C22H22BrCl2N3O5S/c1-6-34(31,32)17-8-7-13(24)9-16(17)28(21(30)33-22(3,4)5)27-11-26-19-14(20(27)29)10-15(23)12(2)18(19)25/h7-11H,6H2,1-5H3. The summed E-state index contributed by atoms with van der Waals surface area (Å²) >= 11 is 15.9. The summed E-state index contributed by atoms with van der Waals surface area (Å²) in [5.74, 6) is -0.240. The Kier molecular flexibility index (Phi) is 7.38. The number of hydrogen-bond acceptors (Lipinski definition) is 6. The van der Waals surface area contributed by atoms with Crippen LogP contribution in [-0.2, 0) is 14.6 Å². The smallest absolute Gasteiger partial charge is 0.434 e. The highest BCUT2D eigenvalue weighted by molar-refractivity contribution is 9.10.